The van der Waals surface area contributed by atoms with Gasteiger partial charge in [-0.1, -0.05) is 15.9 Å². The van der Waals surface area contributed by atoms with Crippen molar-refractivity contribution >= 4 is 15.9 Å². The van der Waals surface area contributed by atoms with Gasteiger partial charge in [0.15, 0.2) is 0 Å². The van der Waals surface area contributed by atoms with Gasteiger partial charge in [-0.2, -0.15) is 0 Å². The van der Waals surface area contributed by atoms with Crippen molar-refractivity contribution in [1.29, 1.82) is 0 Å². The van der Waals surface area contributed by atoms with Crippen LogP contribution in [0, 0.1) is 17.5 Å². The van der Waals surface area contributed by atoms with Crippen molar-refractivity contribution in [2.75, 3.05) is 0 Å². The van der Waals surface area contributed by atoms with Crippen LogP contribution in [0.4, 0.5) is 13.2 Å². The van der Waals surface area contributed by atoms with Gasteiger partial charge < -0.3 is 5.11 Å². The highest BCUT2D eigenvalue weighted by molar-refractivity contribution is 9.10. The molecule has 1 unspecified atom stereocenters. The third-order valence-corrected chi connectivity index (χ3v) is 2.87. The van der Waals surface area contributed by atoms with Crippen LogP contribution in [0.25, 0.3) is 0 Å². The first kappa shape index (κ1) is 13.0. The Kier molecular flexibility index (Phi) is 3.68. The third kappa shape index (κ3) is 2.39. The van der Waals surface area contributed by atoms with Crippen molar-refractivity contribution in [2.45, 2.75) is 6.10 Å². The second-order valence-electron chi connectivity index (χ2n) is 3.58. The fourth-order valence-corrected chi connectivity index (χ4v) is 1.98. The number of aliphatic hydroxyl groups is 1. The van der Waals surface area contributed by atoms with Gasteiger partial charge in [-0.05, 0) is 18.2 Å². The van der Waals surface area contributed by atoms with Crippen LogP contribution in [0.2, 0.25) is 0 Å². The lowest BCUT2D eigenvalue weighted by Gasteiger charge is -2.14. The molecule has 2 aromatic rings. The van der Waals surface area contributed by atoms with Gasteiger partial charge in [0.1, 0.15) is 23.6 Å². The van der Waals surface area contributed by atoms with E-state index >= 15 is 0 Å². The van der Waals surface area contributed by atoms with E-state index in [0.717, 1.165) is 18.3 Å². The summed E-state index contributed by atoms with van der Waals surface area (Å²) in [5.74, 6) is -2.73. The standard InChI is InChI=1S/C12H7BrF3NO/c13-6-3-8(14)11(9(15)4-6)12(18)7-1-2-17-5-10(7)16/h1-5,12,18H. The first-order valence-corrected chi connectivity index (χ1v) is 5.72. The van der Waals surface area contributed by atoms with Crippen molar-refractivity contribution in [3.8, 4) is 0 Å². The number of rotatable bonds is 2. The van der Waals surface area contributed by atoms with Crippen LogP contribution in [-0.4, -0.2) is 10.1 Å². The summed E-state index contributed by atoms with van der Waals surface area (Å²) in [6.45, 7) is 0. The number of pyridine rings is 1. The Labute approximate surface area is 109 Å². The number of hydrogen-bond acceptors (Lipinski definition) is 2. The lowest BCUT2D eigenvalue weighted by molar-refractivity contribution is 0.203. The van der Waals surface area contributed by atoms with Crippen molar-refractivity contribution in [3.63, 3.8) is 0 Å². The van der Waals surface area contributed by atoms with Crippen molar-refractivity contribution in [1.82, 2.24) is 4.98 Å². The Bertz CT molecular complexity index is 568. The molecule has 0 aliphatic carbocycles. The Balaban J connectivity index is 2.53. The van der Waals surface area contributed by atoms with E-state index in [9.17, 15) is 18.3 Å². The molecule has 2 rings (SSSR count). The minimum atomic E-state index is -1.72. The third-order valence-electron chi connectivity index (χ3n) is 2.42. The summed E-state index contributed by atoms with van der Waals surface area (Å²) in [7, 11) is 0. The van der Waals surface area contributed by atoms with E-state index in [2.05, 4.69) is 20.9 Å². The summed E-state index contributed by atoms with van der Waals surface area (Å²) in [6.07, 6.45) is 0.380. The van der Waals surface area contributed by atoms with Gasteiger partial charge in [-0.3, -0.25) is 4.98 Å². The predicted molar refractivity (Wildman–Crippen MR) is 62.3 cm³/mol. The smallest absolute Gasteiger partial charge is 0.147 e. The monoisotopic (exact) mass is 317 g/mol. The number of aromatic nitrogens is 1. The maximum atomic E-state index is 13.6. The summed E-state index contributed by atoms with van der Waals surface area (Å²) >= 11 is 2.92. The van der Waals surface area contributed by atoms with Gasteiger partial charge >= 0.3 is 0 Å². The van der Waals surface area contributed by atoms with Gasteiger partial charge in [0.05, 0.1) is 11.8 Å². The summed E-state index contributed by atoms with van der Waals surface area (Å²) in [6, 6.07) is 3.17. The first-order valence-electron chi connectivity index (χ1n) is 4.92. The van der Waals surface area contributed by atoms with Crippen molar-refractivity contribution < 1.29 is 18.3 Å². The van der Waals surface area contributed by atoms with E-state index in [1.54, 1.807) is 0 Å². The summed E-state index contributed by atoms with van der Waals surface area (Å²) < 4.78 is 40.8. The molecule has 0 saturated carbocycles. The number of aliphatic hydroxyl groups excluding tert-OH is 1. The molecule has 1 atom stereocenters. The lowest BCUT2D eigenvalue weighted by Crippen LogP contribution is -2.08. The summed E-state index contributed by atoms with van der Waals surface area (Å²) in [5.41, 5.74) is -0.826. The van der Waals surface area contributed by atoms with Crippen LogP contribution in [-0.2, 0) is 0 Å². The normalized spacial score (nSPS) is 12.5. The average Bonchev–Trinajstić information content (AvgIpc) is 2.27. The molecule has 0 spiro atoms. The molecule has 0 aliphatic heterocycles. The van der Waals surface area contributed by atoms with Gasteiger partial charge in [0.25, 0.3) is 0 Å². The Hall–Kier alpha value is -1.40. The molecule has 0 amide bonds. The number of halogens is 4. The van der Waals surface area contributed by atoms with Crippen LogP contribution >= 0.6 is 15.9 Å². The number of hydrogen-bond donors (Lipinski definition) is 1. The van der Waals surface area contributed by atoms with Crippen LogP contribution in [0.3, 0.4) is 0 Å². The quantitative estimate of drug-likeness (QED) is 0.921. The minimum absolute atomic E-state index is 0.198. The van der Waals surface area contributed by atoms with Gasteiger partial charge in [0, 0.05) is 16.2 Å². The molecule has 94 valence electrons. The Morgan fingerprint density at radius 2 is 1.72 bits per heavy atom. The molecule has 6 heteroatoms. The zero-order valence-electron chi connectivity index (χ0n) is 8.87. The maximum Gasteiger partial charge on any atom is 0.147 e. The van der Waals surface area contributed by atoms with Crippen LogP contribution in [0.1, 0.15) is 17.2 Å². The van der Waals surface area contributed by atoms with Gasteiger partial charge in [0.2, 0.25) is 0 Å². The molecule has 0 aliphatic rings. The van der Waals surface area contributed by atoms with Crippen LogP contribution in [0.15, 0.2) is 35.1 Å². The van der Waals surface area contributed by atoms with E-state index < -0.39 is 29.1 Å². The highest BCUT2D eigenvalue weighted by Crippen LogP contribution is 2.30. The van der Waals surface area contributed by atoms with E-state index in [1.807, 2.05) is 0 Å². The second-order valence-corrected chi connectivity index (χ2v) is 4.50. The molecule has 1 heterocycles. The molecule has 1 aromatic heterocycles. The molecular formula is C12H7BrF3NO. The largest absolute Gasteiger partial charge is 0.383 e. The van der Waals surface area contributed by atoms with Crippen LogP contribution < -0.4 is 0 Å². The lowest BCUT2D eigenvalue weighted by atomic mass is 10.0. The predicted octanol–water partition coefficient (Wildman–Crippen LogP) is 3.34. The number of benzene rings is 1. The zero-order valence-corrected chi connectivity index (χ0v) is 10.5. The SMILES string of the molecule is OC(c1ccncc1F)c1c(F)cc(Br)cc1F. The van der Waals surface area contributed by atoms with E-state index in [0.29, 0.717) is 0 Å². The first-order chi connectivity index (χ1) is 8.50. The minimum Gasteiger partial charge on any atom is -0.383 e. The summed E-state index contributed by atoms with van der Waals surface area (Å²) in [4.78, 5) is 3.50. The van der Waals surface area contributed by atoms with Gasteiger partial charge in [-0.15, -0.1) is 0 Å². The Morgan fingerprint density at radius 1 is 1.11 bits per heavy atom. The molecule has 0 bridgehead atoms. The Morgan fingerprint density at radius 3 is 2.28 bits per heavy atom. The molecule has 2 nitrogen and oxygen atoms in total. The topological polar surface area (TPSA) is 33.1 Å². The fourth-order valence-electron chi connectivity index (χ4n) is 1.58. The second kappa shape index (κ2) is 5.07. The highest BCUT2D eigenvalue weighted by atomic mass is 79.9. The van der Waals surface area contributed by atoms with E-state index in [1.165, 1.54) is 12.3 Å². The van der Waals surface area contributed by atoms with E-state index in [-0.39, 0.29) is 10.0 Å². The summed E-state index contributed by atoms with van der Waals surface area (Å²) in [5, 5.41) is 9.86. The average molecular weight is 318 g/mol. The molecule has 0 fully saturated rings. The van der Waals surface area contributed by atoms with E-state index in [4.69, 9.17) is 0 Å². The molecule has 0 saturated heterocycles. The fraction of sp³-hybridized carbons (Fsp3) is 0.0833. The van der Waals surface area contributed by atoms with Gasteiger partial charge in [-0.25, -0.2) is 13.2 Å². The molecule has 1 N–H and O–H groups in total. The van der Waals surface area contributed by atoms with Crippen LogP contribution in [0.5, 0.6) is 0 Å². The molecule has 1 aromatic carbocycles. The molecule has 18 heavy (non-hydrogen) atoms. The molecular weight excluding hydrogens is 311 g/mol. The highest BCUT2D eigenvalue weighted by Gasteiger charge is 2.22. The van der Waals surface area contributed by atoms with Crippen molar-refractivity contribution in [3.05, 3.63) is 63.6 Å². The van der Waals surface area contributed by atoms with Crippen molar-refractivity contribution in [2.24, 2.45) is 0 Å². The maximum absolute atomic E-state index is 13.6. The molecule has 0 radical (unpaired) electrons. The zero-order chi connectivity index (χ0) is 13.3. The number of nitrogens with zero attached hydrogens (tertiary/aromatic N) is 1.